The van der Waals surface area contributed by atoms with E-state index in [0.29, 0.717) is 11.1 Å². The lowest BCUT2D eigenvalue weighted by molar-refractivity contribution is 0.867. The summed E-state index contributed by atoms with van der Waals surface area (Å²) in [6.45, 7) is 6.51. The molecular weight excluding hydrogens is 288 g/mol. The second-order valence-corrected chi connectivity index (χ2v) is 6.73. The van der Waals surface area contributed by atoms with E-state index in [1.165, 1.54) is 27.9 Å². The van der Waals surface area contributed by atoms with E-state index in [9.17, 15) is 0 Å². The average molecular weight is 303 g/mol. The van der Waals surface area contributed by atoms with E-state index in [1.54, 1.807) is 11.3 Å². The Hall–Kier alpha value is -1.45. The van der Waals surface area contributed by atoms with E-state index >= 15 is 0 Å². The van der Waals surface area contributed by atoms with Crippen LogP contribution in [-0.4, -0.2) is 9.97 Å². The van der Waals surface area contributed by atoms with Crippen molar-refractivity contribution in [2.75, 3.05) is 0 Å². The fourth-order valence-corrected chi connectivity index (χ4v) is 3.63. The van der Waals surface area contributed by atoms with Crippen molar-refractivity contribution in [3.63, 3.8) is 0 Å². The molecule has 0 amide bonds. The van der Waals surface area contributed by atoms with Gasteiger partial charge in [-0.2, -0.15) is 0 Å². The van der Waals surface area contributed by atoms with Gasteiger partial charge in [-0.05, 0) is 24.0 Å². The summed E-state index contributed by atoms with van der Waals surface area (Å²) >= 11 is 7.81. The highest BCUT2D eigenvalue weighted by Crippen LogP contribution is 2.39. The molecule has 3 rings (SSSR count). The van der Waals surface area contributed by atoms with E-state index in [1.807, 2.05) is 0 Å². The van der Waals surface area contributed by atoms with Crippen LogP contribution in [0.2, 0.25) is 5.15 Å². The van der Waals surface area contributed by atoms with Gasteiger partial charge in [-0.15, -0.1) is 11.3 Å². The minimum atomic E-state index is 0.535. The van der Waals surface area contributed by atoms with E-state index < -0.39 is 0 Å². The first kappa shape index (κ1) is 13.5. The molecule has 0 atom stereocenters. The molecule has 0 fully saturated rings. The summed E-state index contributed by atoms with van der Waals surface area (Å²) in [5.74, 6) is 0.543. The lowest BCUT2D eigenvalue weighted by Gasteiger charge is -2.07. The number of aromatic nitrogens is 2. The van der Waals surface area contributed by atoms with Crippen molar-refractivity contribution in [1.82, 2.24) is 9.97 Å². The first-order valence-corrected chi connectivity index (χ1v) is 7.77. The van der Waals surface area contributed by atoms with Gasteiger partial charge in [0.25, 0.3) is 0 Å². The van der Waals surface area contributed by atoms with E-state index in [-0.39, 0.29) is 0 Å². The van der Waals surface area contributed by atoms with Crippen LogP contribution in [0.3, 0.4) is 0 Å². The molecule has 20 heavy (non-hydrogen) atoms. The Kier molecular flexibility index (Phi) is 3.48. The zero-order valence-corrected chi connectivity index (χ0v) is 13.2. The summed E-state index contributed by atoms with van der Waals surface area (Å²) in [7, 11) is 0. The SMILES string of the molecule is Cc1sc2c(Cl)ncnc2c1-c1ccc(C(C)C)cc1. The highest BCUT2D eigenvalue weighted by atomic mass is 35.5. The van der Waals surface area contributed by atoms with Gasteiger partial charge in [-0.25, -0.2) is 9.97 Å². The van der Waals surface area contributed by atoms with Gasteiger partial charge in [0.05, 0.1) is 10.2 Å². The molecule has 0 aliphatic heterocycles. The van der Waals surface area contributed by atoms with Gasteiger partial charge >= 0.3 is 0 Å². The lowest BCUT2D eigenvalue weighted by Crippen LogP contribution is -1.88. The fourth-order valence-electron chi connectivity index (χ4n) is 2.37. The van der Waals surface area contributed by atoms with Crippen LogP contribution in [-0.2, 0) is 0 Å². The van der Waals surface area contributed by atoms with E-state index in [4.69, 9.17) is 11.6 Å². The van der Waals surface area contributed by atoms with Crippen LogP contribution in [0.25, 0.3) is 21.3 Å². The third-order valence-corrected chi connectivity index (χ3v) is 4.97. The van der Waals surface area contributed by atoms with Crippen LogP contribution >= 0.6 is 22.9 Å². The fraction of sp³-hybridized carbons (Fsp3) is 0.250. The van der Waals surface area contributed by atoms with Gasteiger partial charge in [-0.1, -0.05) is 49.7 Å². The predicted molar refractivity (Wildman–Crippen MR) is 86.7 cm³/mol. The van der Waals surface area contributed by atoms with Crippen LogP contribution in [0.15, 0.2) is 30.6 Å². The maximum absolute atomic E-state index is 6.16. The molecule has 0 aliphatic rings. The molecule has 0 aliphatic carbocycles. The molecule has 3 aromatic rings. The van der Waals surface area contributed by atoms with Gasteiger partial charge in [0.15, 0.2) is 0 Å². The van der Waals surface area contributed by atoms with Gasteiger partial charge < -0.3 is 0 Å². The summed E-state index contributed by atoms with van der Waals surface area (Å²) in [5.41, 5.74) is 4.65. The maximum Gasteiger partial charge on any atom is 0.150 e. The van der Waals surface area contributed by atoms with Crippen LogP contribution in [0, 0.1) is 6.92 Å². The Morgan fingerprint density at radius 1 is 1.10 bits per heavy atom. The smallest absolute Gasteiger partial charge is 0.150 e. The van der Waals surface area contributed by atoms with Crippen molar-refractivity contribution in [2.24, 2.45) is 0 Å². The van der Waals surface area contributed by atoms with Crippen molar-refractivity contribution in [2.45, 2.75) is 26.7 Å². The molecule has 0 saturated carbocycles. The Bertz CT molecular complexity index is 760. The van der Waals surface area contributed by atoms with Crippen LogP contribution in [0.5, 0.6) is 0 Å². The first-order valence-electron chi connectivity index (χ1n) is 6.58. The van der Waals surface area contributed by atoms with Crippen molar-refractivity contribution in [3.8, 4) is 11.1 Å². The van der Waals surface area contributed by atoms with E-state index in [2.05, 4.69) is 55.0 Å². The minimum Gasteiger partial charge on any atom is -0.235 e. The van der Waals surface area contributed by atoms with Crippen molar-refractivity contribution < 1.29 is 0 Å². The number of halogens is 1. The minimum absolute atomic E-state index is 0.535. The largest absolute Gasteiger partial charge is 0.235 e. The van der Waals surface area contributed by atoms with Crippen molar-refractivity contribution in [3.05, 3.63) is 46.2 Å². The maximum atomic E-state index is 6.16. The number of rotatable bonds is 2. The number of hydrogen-bond donors (Lipinski definition) is 0. The van der Waals surface area contributed by atoms with Gasteiger partial charge in [0.1, 0.15) is 11.5 Å². The Labute approximate surface area is 127 Å². The van der Waals surface area contributed by atoms with Crippen LogP contribution in [0.4, 0.5) is 0 Å². The molecule has 0 saturated heterocycles. The van der Waals surface area contributed by atoms with Gasteiger partial charge in [0, 0.05) is 10.4 Å². The second kappa shape index (κ2) is 5.15. The number of nitrogens with zero attached hydrogens (tertiary/aromatic N) is 2. The number of aryl methyl sites for hydroxylation is 1. The van der Waals surface area contributed by atoms with Gasteiger partial charge in [0.2, 0.25) is 0 Å². The molecule has 0 radical (unpaired) electrons. The standard InChI is InChI=1S/C16H15ClN2S/c1-9(2)11-4-6-12(7-5-11)13-10(3)20-15-14(13)18-8-19-16(15)17/h4-9H,1-3H3. The zero-order valence-electron chi connectivity index (χ0n) is 11.6. The number of hydrogen-bond acceptors (Lipinski definition) is 3. The summed E-state index contributed by atoms with van der Waals surface area (Å²) < 4.78 is 0.967. The van der Waals surface area contributed by atoms with Gasteiger partial charge in [-0.3, -0.25) is 0 Å². The summed E-state index contributed by atoms with van der Waals surface area (Å²) in [6, 6.07) is 8.71. The van der Waals surface area contributed by atoms with Crippen LogP contribution < -0.4 is 0 Å². The summed E-state index contributed by atoms with van der Waals surface area (Å²) in [6.07, 6.45) is 1.53. The molecule has 0 N–H and O–H groups in total. The molecule has 0 bridgehead atoms. The zero-order chi connectivity index (χ0) is 14.3. The number of thiophene rings is 1. The second-order valence-electron chi connectivity index (χ2n) is 5.15. The topological polar surface area (TPSA) is 25.8 Å². The molecule has 102 valence electrons. The number of benzene rings is 1. The molecule has 2 aromatic heterocycles. The average Bonchev–Trinajstić information content (AvgIpc) is 2.77. The molecule has 0 spiro atoms. The third-order valence-electron chi connectivity index (χ3n) is 3.47. The molecule has 1 aromatic carbocycles. The summed E-state index contributed by atoms with van der Waals surface area (Å²) in [5, 5.41) is 0.535. The van der Waals surface area contributed by atoms with E-state index in [0.717, 1.165) is 10.2 Å². The third kappa shape index (κ3) is 2.21. The Morgan fingerprint density at radius 2 is 1.80 bits per heavy atom. The molecule has 2 nitrogen and oxygen atoms in total. The first-order chi connectivity index (χ1) is 9.58. The highest BCUT2D eigenvalue weighted by molar-refractivity contribution is 7.20. The molecule has 2 heterocycles. The van der Waals surface area contributed by atoms with Crippen LogP contribution in [0.1, 0.15) is 30.2 Å². The van der Waals surface area contributed by atoms with Crippen molar-refractivity contribution in [1.29, 1.82) is 0 Å². The highest BCUT2D eigenvalue weighted by Gasteiger charge is 2.15. The van der Waals surface area contributed by atoms with Crippen molar-refractivity contribution >= 4 is 33.2 Å². The Morgan fingerprint density at radius 3 is 2.45 bits per heavy atom. The number of fused-ring (bicyclic) bond motifs is 1. The monoisotopic (exact) mass is 302 g/mol. The quantitative estimate of drug-likeness (QED) is 0.589. The summed E-state index contributed by atoms with van der Waals surface area (Å²) in [4.78, 5) is 9.69. The Balaban J connectivity index is 2.19. The normalized spacial score (nSPS) is 11.4. The molecular formula is C16H15ClN2S. The predicted octanol–water partition coefficient (Wildman–Crippen LogP) is 5.44. The molecule has 4 heteroatoms. The molecule has 0 unspecified atom stereocenters. The lowest BCUT2D eigenvalue weighted by atomic mass is 9.98.